The van der Waals surface area contributed by atoms with Gasteiger partial charge in [0.05, 0.1) is 10.6 Å². The second-order valence-electron chi connectivity index (χ2n) is 11.6. The Morgan fingerprint density at radius 2 is 1.31 bits per heavy atom. The van der Waals surface area contributed by atoms with Crippen LogP contribution in [-0.2, 0) is 26.2 Å². The highest BCUT2D eigenvalue weighted by molar-refractivity contribution is 7.92. The van der Waals surface area contributed by atoms with Gasteiger partial charge in [-0.1, -0.05) is 79.6 Å². The summed E-state index contributed by atoms with van der Waals surface area (Å²) in [5.41, 5.74) is 3.09. The molecule has 0 aliphatic heterocycles. The number of hydrogen-bond donors (Lipinski definition) is 1. The number of ether oxygens (including phenoxy) is 1. The number of nitrogens with one attached hydrogen (secondary N) is 1. The Kier molecular flexibility index (Phi) is 11.0. The van der Waals surface area contributed by atoms with Gasteiger partial charge >= 0.3 is 0 Å². The fraction of sp³-hybridized carbons (Fsp3) is 0.278. The molecule has 0 aliphatic carbocycles. The molecule has 0 aliphatic rings. The number of hydrogen-bond acceptors (Lipinski definition) is 5. The maximum atomic E-state index is 14.1. The number of para-hydroxylation sites is 1. The third-order valence-corrected chi connectivity index (χ3v) is 9.10. The molecule has 0 unspecified atom stereocenters. The first kappa shape index (κ1) is 33.3. The first-order chi connectivity index (χ1) is 21.4. The molecule has 1 atom stereocenters. The molecule has 8 nitrogen and oxygen atoms in total. The van der Waals surface area contributed by atoms with E-state index < -0.39 is 28.5 Å². The molecule has 0 radical (unpaired) electrons. The van der Waals surface area contributed by atoms with E-state index in [4.69, 9.17) is 4.74 Å². The maximum absolute atomic E-state index is 14.1. The molecule has 0 bridgehead atoms. The van der Waals surface area contributed by atoms with E-state index in [1.807, 2.05) is 82.3 Å². The van der Waals surface area contributed by atoms with Gasteiger partial charge in [-0.3, -0.25) is 13.9 Å². The summed E-state index contributed by atoms with van der Waals surface area (Å²) in [7, 11) is -4.17. The molecular weight excluding hydrogens is 586 g/mol. The standard InChI is InChI=1S/C36H41N3O5S/c1-26(2)23-37-36(41)29(5)38(24-30-15-11-27(3)12-16-30)35(40)25-39(45(42,43)34-21-13-28(4)14-22-34)31-17-19-33(20-18-31)44-32-9-7-6-8-10-32/h6-22,26,29H,23-25H2,1-5H3,(H,37,41)/t29-/m1/s1. The van der Waals surface area contributed by atoms with Crippen LogP contribution in [0, 0.1) is 19.8 Å². The molecule has 0 saturated heterocycles. The van der Waals surface area contributed by atoms with Gasteiger partial charge in [0.15, 0.2) is 0 Å². The Balaban J connectivity index is 1.69. The van der Waals surface area contributed by atoms with Crippen LogP contribution in [0.2, 0.25) is 0 Å². The second-order valence-corrected chi connectivity index (χ2v) is 13.4. The molecule has 0 spiro atoms. The van der Waals surface area contributed by atoms with E-state index in [-0.39, 0.29) is 29.0 Å². The quantitative estimate of drug-likeness (QED) is 0.183. The number of amides is 2. The zero-order valence-electron chi connectivity index (χ0n) is 26.4. The van der Waals surface area contributed by atoms with Gasteiger partial charge in [-0.15, -0.1) is 0 Å². The van der Waals surface area contributed by atoms with E-state index in [0.717, 1.165) is 21.0 Å². The van der Waals surface area contributed by atoms with E-state index in [2.05, 4.69) is 5.32 Å². The summed E-state index contributed by atoms with van der Waals surface area (Å²) < 4.78 is 35.2. The van der Waals surface area contributed by atoms with Crippen LogP contribution >= 0.6 is 0 Å². The Morgan fingerprint density at radius 3 is 1.89 bits per heavy atom. The van der Waals surface area contributed by atoms with Gasteiger partial charge in [-0.25, -0.2) is 8.42 Å². The lowest BCUT2D eigenvalue weighted by atomic mass is 10.1. The number of rotatable bonds is 13. The highest BCUT2D eigenvalue weighted by atomic mass is 32.2. The third kappa shape index (κ3) is 8.95. The molecule has 1 N–H and O–H groups in total. The minimum absolute atomic E-state index is 0.0540. The molecule has 0 fully saturated rings. The summed E-state index contributed by atoms with van der Waals surface area (Å²) in [6, 6.07) is 29.1. The molecule has 0 aromatic heterocycles. The molecule has 2 amide bonds. The van der Waals surface area contributed by atoms with Crippen LogP contribution in [0.5, 0.6) is 11.5 Å². The monoisotopic (exact) mass is 627 g/mol. The van der Waals surface area contributed by atoms with Crippen molar-refractivity contribution in [3.63, 3.8) is 0 Å². The predicted octanol–water partition coefficient (Wildman–Crippen LogP) is 6.48. The minimum atomic E-state index is -4.17. The van der Waals surface area contributed by atoms with Crippen molar-refractivity contribution in [2.24, 2.45) is 5.92 Å². The highest BCUT2D eigenvalue weighted by Crippen LogP contribution is 2.29. The van der Waals surface area contributed by atoms with Crippen molar-refractivity contribution >= 4 is 27.5 Å². The van der Waals surface area contributed by atoms with Crippen LogP contribution < -0.4 is 14.4 Å². The molecule has 45 heavy (non-hydrogen) atoms. The number of aryl methyl sites for hydroxylation is 2. The fourth-order valence-electron chi connectivity index (χ4n) is 4.60. The topological polar surface area (TPSA) is 96.0 Å². The van der Waals surface area contributed by atoms with Crippen LogP contribution in [-0.4, -0.2) is 44.3 Å². The van der Waals surface area contributed by atoms with Crippen molar-refractivity contribution < 1.29 is 22.7 Å². The van der Waals surface area contributed by atoms with E-state index >= 15 is 0 Å². The largest absolute Gasteiger partial charge is 0.457 e. The molecule has 9 heteroatoms. The zero-order valence-corrected chi connectivity index (χ0v) is 27.3. The first-order valence-corrected chi connectivity index (χ1v) is 16.4. The van der Waals surface area contributed by atoms with Crippen molar-refractivity contribution in [3.05, 3.63) is 120 Å². The normalized spacial score (nSPS) is 12.0. The number of nitrogens with zero attached hydrogens (tertiary/aromatic N) is 2. The van der Waals surface area contributed by atoms with Gasteiger partial charge in [0.1, 0.15) is 24.1 Å². The lowest BCUT2D eigenvalue weighted by molar-refractivity contribution is -0.139. The van der Waals surface area contributed by atoms with Gasteiger partial charge in [0.25, 0.3) is 10.0 Å². The van der Waals surface area contributed by atoms with Gasteiger partial charge in [-0.2, -0.15) is 0 Å². The van der Waals surface area contributed by atoms with Gasteiger partial charge in [0, 0.05) is 13.1 Å². The average molecular weight is 628 g/mol. The number of carbonyl (C=O) groups excluding carboxylic acids is 2. The smallest absolute Gasteiger partial charge is 0.264 e. The number of sulfonamides is 1. The van der Waals surface area contributed by atoms with Crippen LogP contribution in [0.4, 0.5) is 5.69 Å². The second kappa shape index (κ2) is 14.9. The van der Waals surface area contributed by atoms with Gasteiger partial charge < -0.3 is 15.0 Å². The van der Waals surface area contributed by atoms with Gasteiger partial charge in [-0.05, 0) is 80.8 Å². The van der Waals surface area contributed by atoms with Crippen LogP contribution in [0.1, 0.15) is 37.5 Å². The highest BCUT2D eigenvalue weighted by Gasteiger charge is 2.32. The summed E-state index contributed by atoms with van der Waals surface area (Å²) in [5.74, 6) is 0.565. The van der Waals surface area contributed by atoms with Crippen molar-refractivity contribution in [2.45, 2.75) is 52.1 Å². The molecule has 0 saturated carbocycles. The molecule has 4 aromatic carbocycles. The van der Waals surface area contributed by atoms with Crippen molar-refractivity contribution in [2.75, 3.05) is 17.4 Å². The molecule has 236 valence electrons. The van der Waals surface area contributed by atoms with Crippen molar-refractivity contribution in [1.29, 1.82) is 0 Å². The molecule has 4 aromatic rings. The van der Waals surface area contributed by atoms with E-state index in [0.29, 0.717) is 18.0 Å². The molecular formula is C36H41N3O5S. The summed E-state index contributed by atoms with van der Waals surface area (Å²) in [6.45, 7) is 9.57. The summed E-state index contributed by atoms with van der Waals surface area (Å²) in [4.78, 5) is 28.8. The third-order valence-electron chi connectivity index (χ3n) is 7.32. The Hall–Kier alpha value is -4.63. The SMILES string of the molecule is Cc1ccc(CN(C(=O)CN(c2ccc(Oc3ccccc3)cc2)S(=O)(=O)c2ccc(C)cc2)[C@H](C)C(=O)NCC(C)C)cc1. The summed E-state index contributed by atoms with van der Waals surface area (Å²) in [5, 5.41) is 2.91. The van der Waals surface area contributed by atoms with Crippen LogP contribution in [0.3, 0.4) is 0 Å². The average Bonchev–Trinajstić information content (AvgIpc) is 3.03. The lowest BCUT2D eigenvalue weighted by Crippen LogP contribution is -2.51. The summed E-state index contributed by atoms with van der Waals surface area (Å²) in [6.07, 6.45) is 0. The zero-order chi connectivity index (χ0) is 32.6. The Bertz CT molecular complexity index is 1670. The van der Waals surface area contributed by atoms with Crippen molar-refractivity contribution in [3.8, 4) is 11.5 Å². The summed E-state index contributed by atoms with van der Waals surface area (Å²) >= 11 is 0. The van der Waals surface area contributed by atoms with Crippen molar-refractivity contribution in [1.82, 2.24) is 10.2 Å². The van der Waals surface area contributed by atoms with E-state index in [1.54, 1.807) is 43.3 Å². The first-order valence-electron chi connectivity index (χ1n) is 15.0. The fourth-order valence-corrected chi connectivity index (χ4v) is 6.01. The molecule has 0 heterocycles. The number of anilines is 1. The Morgan fingerprint density at radius 1 is 0.756 bits per heavy atom. The van der Waals surface area contributed by atoms with Crippen LogP contribution in [0.15, 0.2) is 108 Å². The van der Waals surface area contributed by atoms with E-state index in [9.17, 15) is 18.0 Å². The predicted molar refractivity (Wildman–Crippen MR) is 178 cm³/mol. The molecule has 4 rings (SSSR count). The lowest BCUT2D eigenvalue weighted by Gasteiger charge is -2.32. The minimum Gasteiger partial charge on any atom is -0.457 e. The maximum Gasteiger partial charge on any atom is 0.264 e. The van der Waals surface area contributed by atoms with Crippen LogP contribution in [0.25, 0.3) is 0 Å². The Labute approximate surface area is 266 Å². The van der Waals surface area contributed by atoms with Gasteiger partial charge in [0.2, 0.25) is 11.8 Å². The van der Waals surface area contributed by atoms with E-state index in [1.165, 1.54) is 17.0 Å². The number of carbonyl (C=O) groups is 2. The number of benzene rings is 4.